The molecule has 0 aromatic heterocycles. The van der Waals surface area contributed by atoms with Crippen LogP contribution >= 0.6 is 0 Å². The van der Waals surface area contributed by atoms with Crippen LogP contribution in [0, 0.1) is 35.0 Å². The zero-order valence-corrected chi connectivity index (χ0v) is 23.3. The van der Waals surface area contributed by atoms with Crippen LogP contribution < -0.4 is 5.32 Å². The van der Waals surface area contributed by atoms with E-state index < -0.39 is 35.4 Å². The van der Waals surface area contributed by atoms with E-state index in [4.69, 9.17) is 4.74 Å². The van der Waals surface area contributed by atoms with E-state index in [0.717, 1.165) is 12.8 Å². The maximum atomic E-state index is 14.0. The topological polar surface area (TPSA) is 95.9 Å². The van der Waals surface area contributed by atoms with E-state index in [1.807, 2.05) is 46.8 Å². The van der Waals surface area contributed by atoms with Crippen molar-refractivity contribution in [2.75, 3.05) is 13.2 Å². The lowest BCUT2D eigenvalue weighted by atomic mass is 9.69. The molecule has 200 valence electrons. The second-order valence-corrected chi connectivity index (χ2v) is 12.3. The Morgan fingerprint density at radius 2 is 1.77 bits per heavy atom. The molecule has 0 unspecified atom stereocenters. The minimum atomic E-state index is -0.788. The van der Waals surface area contributed by atoms with E-state index in [-0.39, 0.29) is 48.2 Å². The molecule has 7 heteroatoms. The molecule has 0 saturated carbocycles. The first-order valence-corrected chi connectivity index (χ1v) is 13.3. The Labute approximate surface area is 212 Å². The normalized spacial score (nSPS) is 28.5. The zero-order valence-electron chi connectivity index (χ0n) is 23.3. The Morgan fingerprint density at radius 1 is 1.14 bits per heavy atom. The molecular weight excluding hydrogens is 444 g/mol. The molecule has 1 heterocycles. The number of fused-ring (bicyclic) bond motifs is 1. The van der Waals surface area contributed by atoms with Crippen LogP contribution in [0.2, 0.25) is 0 Å². The molecule has 1 fully saturated rings. The average Bonchev–Trinajstić information content (AvgIpc) is 3.04. The highest BCUT2D eigenvalue weighted by Crippen LogP contribution is 2.46. The number of allylic oxidation sites excluding steroid dienone is 1. The lowest BCUT2D eigenvalue weighted by molar-refractivity contribution is -0.156. The van der Waals surface area contributed by atoms with Crippen LogP contribution in [-0.4, -0.2) is 58.6 Å². The lowest BCUT2D eigenvalue weighted by Gasteiger charge is -2.39. The van der Waals surface area contributed by atoms with Gasteiger partial charge in [-0.05, 0) is 50.9 Å². The van der Waals surface area contributed by atoms with Crippen molar-refractivity contribution >= 4 is 17.8 Å². The van der Waals surface area contributed by atoms with E-state index >= 15 is 0 Å². The van der Waals surface area contributed by atoms with Gasteiger partial charge in [-0.25, -0.2) is 0 Å². The largest absolute Gasteiger partial charge is 0.466 e. The van der Waals surface area contributed by atoms with Crippen LogP contribution in [0.15, 0.2) is 12.2 Å². The van der Waals surface area contributed by atoms with Crippen molar-refractivity contribution in [2.45, 2.75) is 99.2 Å². The molecule has 7 atom stereocenters. The third kappa shape index (κ3) is 6.46. The van der Waals surface area contributed by atoms with Gasteiger partial charge in [-0.15, -0.1) is 0 Å². The molecule has 2 N–H and O–H groups in total. The number of rotatable bonds is 10. The second kappa shape index (κ2) is 11.4. The Balaban J connectivity index is 2.56. The van der Waals surface area contributed by atoms with Gasteiger partial charge in [-0.2, -0.15) is 0 Å². The fraction of sp³-hybridized carbons (Fsp3) is 0.821. The molecule has 0 aromatic rings. The molecule has 0 bridgehead atoms. The van der Waals surface area contributed by atoms with Gasteiger partial charge in [0.2, 0.25) is 11.8 Å². The highest BCUT2D eigenvalue weighted by atomic mass is 16.5. The van der Waals surface area contributed by atoms with Gasteiger partial charge in [0.05, 0.1) is 31.1 Å². The van der Waals surface area contributed by atoms with Crippen molar-refractivity contribution in [1.29, 1.82) is 0 Å². The second-order valence-electron chi connectivity index (χ2n) is 12.3. The van der Waals surface area contributed by atoms with Gasteiger partial charge >= 0.3 is 5.97 Å². The number of ether oxygens (including phenoxy) is 1. The lowest BCUT2D eigenvalue weighted by Crippen LogP contribution is -2.58. The number of nitrogens with one attached hydrogen (secondary N) is 1. The highest BCUT2D eigenvalue weighted by molar-refractivity contribution is 5.96. The summed E-state index contributed by atoms with van der Waals surface area (Å²) >= 11 is 0. The van der Waals surface area contributed by atoms with Crippen molar-refractivity contribution in [2.24, 2.45) is 35.0 Å². The van der Waals surface area contributed by atoms with Crippen LogP contribution in [0.25, 0.3) is 0 Å². The minimum absolute atomic E-state index is 0.00293. The average molecular weight is 493 g/mol. The summed E-state index contributed by atoms with van der Waals surface area (Å²) in [5.41, 5.74) is -0.485. The molecule has 0 radical (unpaired) electrons. The molecule has 2 amide bonds. The number of amides is 2. The van der Waals surface area contributed by atoms with E-state index in [2.05, 4.69) is 26.1 Å². The third-order valence-corrected chi connectivity index (χ3v) is 7.63. The van der Waals surface area contributed by atoms with Gasteiger partial charge < -0.3 is 20.1 Å². The number of carbonyl (C=O) groups is 3. The summed E-state index contributed by atoms with van der Waals surface area (Å²) in [6, 6.07) is -1.29. The number of likely N-dealkylation sites (tertiary alicyclic amines) is 1. The number of carbonyl (C=O) groups excluding carboxylic acids is 3. The Morgan fingerprint density at radius 3 is 2.26 bits per heavy atom. The summed E-state index contributed by atoms with van der Waals surface area (Å²) in [4.78, 5) is 42.6. The van der Waals surface area contributed by atoms with E-state index in [1.54, 1.807) is 11.8 Å². The summed E-state index contributed by atoms with van der Waals surface area (Å²) < 4.78 is 5.40. The number of aliphatic hydroxyl groups excluding tert-OH is 1. The van der Waals surface area contributed by atoms with Crippen LogP contribution in [-0.2, 0) is 19.1 Å². The van der Waals surface area contributed by atoms with E-state index in [9.17, 15) is 19.5 Å². The van der Waals surface area contributed by atoms with Crippen molar-refractivity contribution in [3.05, 3.63) is 12.2 Å². The summed E-state index contributed by atoms with van der Waals surface area (Å²) in [5.74, 6) is -2.75. The summed E-state index contributed by atoms with van der Waals surface area (Å²) in [7, 11) is 0. The Hall–Kier alpha value is -1.89. The van der Waals surface area contributed by atoms with Gasteiger partial charge in [0.25, 0.3) is 0 Å². The molecule has 0 aromatic carbocycles. The first-order chi connectivity index (χ1) is 16.2. The van der Waals surface area contributed by atoms with Gasteiger partial charge in [0.15, 0.2) is 0 Å². The molecule has 0 spiro atoms. The van der Waals surface area contributed by atoms with Crippen molar-refractivity contribution in [3.63, 3.8) is 0 Å². The standard InChI is InChI=1S/C28H48N2O5/c1-10-17(4)20(15-31)30-23(24(32)29-28(8,9)16-27(5,6)7)19-14-13-18(11-2)21(22(19)25(30)33)26(34)35-12-3/h13-14,17-23,31H,10-12,15-16H2,1-9H3,(H,29,32)/t17-,18+,19-,20-,21+,22-,23-/m0/s1. The fourth-order valence-electron chi connectivity index (χ4n) is 6.34. The molecule has 1 saturated heterocycles. The van der Waals surface area contributed by atoms with Crippen LogP contribution in [0.4, 0.5) is 0 Å². The minimum Gasteiger partial charge on any atom is -0.466 e. The van der Waals surface area contributed by atoms with Crippen LogP contribution in [0.1, 0.15) is 81.6 Å². The SMILES string of the molecule is CCOC(=O)[C@H]1[C@H]2C(=O)N([C@@H](CO)[C@@H](C)CC)[C@H](C(=O)NC(C)(C)CC(C)(C)C)[C@H]2C=C[C@H]1CC. The predicted molar refractivity (Wildman–Crippen MR) is 137 cm³/mol. The fourth-order valence-corrected chi connectivity index (χ4v) is 6.34. The maximum Gasteiger partial charge on any atom is 0.310 e. The third-order valence-electron chi connectivity index (χ3n) is 7.63. The number of hydrogen-bond donors (Lipinski definition) is 2. The number of nitrogens with zero attached hydrogens (tertiary/aromatic N) is 1. The molecule has 1 aliphatic carbocycles. The van der Waals surface area contributed by atoms with E-state index in [0.29, 0.717) is 6.42 Å². The van der Waals surface area contributed by atoms with Gasteiger partial charge in [-0.1, -0.05) is 60.1 Å². The Bertz CT molecular complexity index is 800. The van der Waals surface area contributed by atoms with Crippen molar-refractivity contribution < 1.29 is 24.2 Å². The maximum absolute atomic E-state index is 14.0. The summed E-state index contributed by atoms with van der Waals surface area (Å²) in [6.07, 6.45) is 6.15. The Kier molecular flexibility index (Phi) is 9.59. The first kappa shape index (κ1) is 29.3. The number of aliphatic hydroxyl groups is 1. The van der Waals surface area contributed by atoms with Gasteiger partial charge in [0.1, 0.15) is 6.04 Å². The first-order valence-electron chi connectivity index (χ1n) is 13.3. The molecule has 2 aliphatic rings. The zero-order chi connectivity index (χ0) is 26.7. The number of esters is 1. The highest BCUT2D eigenvalue weighted by Gasteiger charge is 2.59. The molecular formula is C28H48N2O5. The van der Waals surface area contributed by atoms with Gasteiger partial charge in [-0.3, -0.25) is 14.4 Å². The van der Waals surface area contributed by atoms with Gasteiger partial charge in [0, 0.05) is 11.5 Å². The predicted octanol–water partition coefficient (Wildman–Crippen LogP) is 3.94. The molecule has 2 rings (SSSR count). The summed E-state index contributed by atoms with van der Waals surface area (Å²) in [5, 5.41) is 13.6. The monoisotopic (exact) mass is 492 g/mol. The summed E-state index contributed by atoms with van der Waals surface area (Å²) in [6.45, 7) is 18.1. The van der Waals surface area contributed by atoms with Crippen LogP contribution in [0.5, 0.6) is 0 Å². The number of hydrogen-bond acceptors (Lipinski definition) is 5. The molecule has 1 aliphatic heterocycles. The van der Waals surface area contributed by atoms with E-state index in [1.165, 1.54) is 0 Å². The van der Waals surface area contributed by atoms with Crippen molar-refractivity contribution in [1.82, 2.24) is 10.2 Å². The molecule has 7 nitrogen and oxygen atoms in total. The quantitative estimate of drug-likeness (QED) is 0.356. The van der Waals surface area contributed by atoms with Crippen molar-refractivity contribution in [3.8, 4) is 0 Å². The smallest absolute Gasteiger partial charge is 0.310 e. The van der Waals surface area contributed by atoms with Crippen LogP contribution in [0.3, 0.4) is 0 Å². The molecule has 35 heavy (non-hydrogen) atoms.